The fourth-order valence-corrected chi connectivity index (χ4v) is 2.36. The van der Waals surface area contributed by atoms with Crippen molar-refractivity contribution >= 4 is 11.6 Å². The van der Waals surface area contributed by atoms with Gasteiger partial charge in [0.2, 0.25) is 0 Å². The maximum Gasteiger partial charge on any atom is 0.417 e. The van der Waals surface area contributed by atoms with Gasteiger partial charge in [-0.2, -0.15) is 13.2 Å². The molecule has 0 atom stereocenters. The summed E-state index contributed by atoms with van der Waals surface area (Å²) in [4.78, 5) is 0. The molecular weight excluding hydrogens is 270 g/mol. The van der Waals surface area contributed by atoms with Gasteiger partial charge in [0.05, 0.1) is 10.6 Å². The first-order valence-electron chi connectivity index (χ1n) is 5.60. The number of hydrogen-bond donors (Lipinski definition) is 1. The number of halogens is 5. The lowest BCUT2D eigenvalue weighted by Crippen LogP contribution is -2.36. The number of rotatable bonds is 1. The molecule has 1 aliphatic heterocycles. The van der Waals surface area contributed by atoms with E-state index in [0.717, 1.165) is 12.1 Å². The summed E-state index contributed by atoms with van der Waals surface area (Å²) in [6, 6.07) is 3.28. The third kappa shape index (κ3) is 2.62. The third-order valence-electron chi connectivity index (χ3n) is 3.19. The lowest BCUT2D eigenvalue weighted by Gasteiger charge is -2.31. The minimum absolute atomic E-state index is 0.0562. The molecule has 100 valence electrons. The molecule has 1 N–H and O–H groups in total. The molecule has 18 heavy (non-hydrogen) atoms. The molecule has 0 bridgehead atoms. The van der Waals surface area contributed by atoms with Gasteiger partial charge in [0.1, 0.15) is 5.67 Å². The van der Waals surface area contributed by atoms with Crippen molar-refractivity contribution in [3.8, 4) is 0 Å². The predicted molar refractivity (Wildman–Crippen MR) is 61.3 cm³/mol. The van der Waals surface area contributed by atoms with Crippen LogP contribution in [0, 0.1) is 0 Å². The predicted octanol–water partition coefficient (Wildman–Crippen LogP) is 3.91. The molecule has 0 unspecified atom stereocenters. The van der Waals surface area contributed by atoms with Gasteiger partial charge in [-0.25, -0.2) is 4.39 Å². The second kappa shape index (κ2) is 4.70. The summed E-state index contributed by atoms with van der Waals surface area (Å²) in [6.07, 6.45) is -4.21. The number of piperidine rings is 1. The van der Waals surface area contributed by atoms with Crippen LogP contribution in [0.15, 0.2) is 18.2 Å². The van der Waals surface area contributed by atoms with E-state index in [1.54, 1.807) is 0 Å². The Morgan fingerprint density at radius 2 is 1.78 bits per heavy atom. The molecule has 0 amide bonds. The SMILES string of the molecule is FC(F)(F)c1cc(C2(F)CCNCC2)ccc1Cl. The van der Waals surface area contributed by atoms with Crippen LogP contribution in [0.2, 0.25) is 5.02 Å². The van der Waals surface area contributed by atoms with Crippen molar-refractivity contribution in [1.29, 1.82) is 0 Å². The van der Waals surface area contributed by atoms with Crippen molar-refractivity contribution in [2.45, 2.75) is 24.7 Å². The normalized spacial score (nSPS) is 19.8. The van der Waals surface area contributed by atoms with Crippen LogP contribution in [-0.4, -0.2) is 13.1 Å². The zero-order valence-corrected chi connectivity index (χ0v) is 10.2. The van der Waals surface area contributed by atoms with E-state index in [1.165, 1.54) is 6.07 Å². The largest absolute Gasteiger partial charge is 0.417 e. The molecule has 1 aliphatic rings. The van der Waals surface area contributed by atoms with Gasteiger partial charge in [-0.05, 0) is 43.6 Å². The van der Waals surface area contributed by atoms with Gasteiger partial charge in [0.25, 0.3) is 0 Å². The second-order valence-corrected chi connectivity index (χ2v) is 4.81. The van der Waals surface area contributed by atoms with Gasteiger partial charge in [0, 0.05) is 0 Å². The topological polar surface area (TPSA) is 12.0 Å². The Labute approximate surface area is 107 Å². The van der Waals surface area contributed by atoms with Crippen LogP contribution in [-0.2, 0) is 11.8 Å². The van der Waals surface area contributed by atoms with E-state index in [9.17, 15) is 17.6 Å². The van der Waals surface area contributed by atoms with Gasteiger partial charge < -0.3 is 5.32 Å². The van der Waals surface area contributed by atoms with Crippen LogP contribution in [0.1, 0.15) is 24.0 Å². The van der Waals surface area contributed by atoms with E-state index >= 15 is 0 Å². The lowest BCUT2D eigenvalue weighted by atomic mass is 9.86. The summed E-state index contributed by atoms with van der Waals surface area (Å²) in [5.41, 5.74) is -2.62. The van der Waals surface area contributed by atoms with Gasteiger partial charge >= 0.3 is 6.18 Å². The van der Waals surface area contributed by atoms with E-state index in [1.807, 2.05) is 0 Å². The average Bonchev–Trinajstić information content (AvgIpc) is 2.28. The number of nitrogens with one attached hydrogen (secondary N) is 1. The first kappa shape index (κ1) is 13.6. The van der Waals surface area contributed by atoms with E-state index in [2.05, 4.69) is 5.32 Å². The van der Waals surface area contributed by atoms with Gasteiger partial charge in [-0.15, -0.1) is 0 Å². The van der Waals surface area contributed by atoms with Crippen molar-refractivity contribution in [2.24, 2.45) is 0 Å². The average molecular weight is 282 g/mol. The highest BCUT2D eigenvalue weighted by Gasteiger charge is 2.38. The zero-order chi connectivity index (χ0) is 13.4. The Morgan fingerprint density at radius 1 is 1.17 bits per heavy atom. The van der Waals surface area contributed by atoms with Crippen LogP contribution < -0.4 is 5.32 Å². The Kier molecular flexibility index (Phi) is 3.56. The van der Waals surface area contributed by atoms with Crippen LogP contribution in [0.4, 0.5) is 17.6 Å². The Balaban J connectivity index is 2.40. The highest BCUT2D eigenvalue weighted by Crippen LogP contribution is 2.40. The molecule has 6 heteroatoms. The highest BCUT2D eigenvalue weighted by atomic mass is 35.5. The molecular formula is C12H12ClF4N. The first-order chi connectivity index (χ1) is 8.33. The van der Waals surface area contributed by atoms with E-state index in [4.69, 9.17) is 11.6 Å². The van der Waals surface area contributed by atoms with Crippen LogP contribution in [0.3, 0.4) is 0 Å². The minimum atomic E-state index is -4.56. The molecule has 0 saturated carbocycles. The summed E-state index contributed by atoms with van der Waals surface area (Å²) < 4.78 is 52.7. The molecule has 1 heterocycles. The maximum atomic E-state index is 14.6. The van der Waals surface area contributed by atoms with Gasteiger partial charge in [-0.1, -0.05) is 17.7 Å². The molecule has 0 spiro atoms. The summed E-state index contributed by atoms with van der Waals surface area (Å²) in [7, 11) is 0. The molecule has 1 aromatic rings. The monoisotopic (exact) mass is 281 g/mol. The fourth-order valence-electron chi connectivity index (χ4n) is 2.13. The molecule has 0 radical (unpaired) electrons. The fraction of sp³-hybridized carbons (Fsp3) is 0.500. The summed E-state index contributed by atoms with van der Waals surface area (Å²) >= 11 is 5.51. The van der Waals surface area contributed by atoms with Gasteiger partial charge in [-0.3, -0.25) is 0 Å². The maximum absolute atomic E-state index is 14.6. The molecule has 1 aromatic carbocycles. The lowest BCUT2D eigenvalue weighted by molar-refractivity contribution is -0.137. The van der Waals surface area contributed by atoms with Gasteiger partial charge in [0.15, 0.2) is 0 Å². The Morgan fingerprint density at radius 3 is 2.33 bits per heavy atom. The zero-order valence-electron chi connectivity index (χ0n) is 9.45. The van der Waals surface area contributed by atoms with E-state index < -0.39 is 22.4 Å². The molecule has 0 aromatic heterocycles. The number of hydrogen-bond acceptors (Lipinski definition) is 1. The molecule has 1 saturated heterocycles. The molecule has 1 fully saturated rings. The highest BCUT2D eigenvalue weighted by molar-refractivity contribution is 6.31. The molecule has 2 rings (SSSR count). The summed E-state index contributed by atoms with van der Waals surface area (Å²) in [5, 5.41) is 2.58. The Bertz CT molecular complexity index is 438. The number of alkyl halides is 4. The first-order valence-corrected chi connectivity index (χ1v) is 5.98. The minimum Gasteiger partial charge on any atom is -0.316 e. The van der Waals surface area contributed by atoms with Crippen molar-refractivity contribution in [3.63, 3.8) is 0 Å². The van der Waals surface area contributed by atoms with Crippen LogP contribution in [0.5, 0.6) is 0 Å². The van der Waals surface area contributed by atoms with Crippen molar-refractivity contribution in [2.75, 3.05) is 13.1 Å². The number of benzene rings is 1. The Hall–Kier alpha value is -0.810. The van der Waals surface area contributed by atoms with Crippen LogP contribution in [0.25, 0.3) is 0 Å². The van der Waals surface area contributed by atoms with E-state index in [-0.39, 0.29) is 18.4 Å². The third-order valence-corrected chi connectivity index (χ3v) is 3.51. The second-order valence-electron chi connectivity index (χ2n) is 4.41. The molecule has 1 nitrogen and oxygen atoms in total. The molecule has 0 aliphatic carbocycles. The smallest absolute Gasteiger partial charge is 0.316 e. The quantitative estimate of drug-likeness (QED) is 0.770. The summed E-state index contributed by atoms with van der Waals surface area (Å²) in [6.45, 7) is 0.918. The van der Waals surface area contributed by atoms with Crippen molar-refractivity contribution in [3.05, 3.63) is 34.3 Å². The summed E-state index contributed by atoms with van der Waals surface area (Å²) in [5.74, 6) is 0. The van der Waals surface area contributed by atoms with Crippen molar-refractivity contribution in [1.82, 2.24) is 5.32 Å². The van der Waals surface area contributed by atoms with E-state index in [0.29, 0.717) is 13.1 Å². The standard InChI is InChI=1S/C12H12ClF4N/c13-10-2-1-8(7-9(10)12(15,16)17)11(14)3-5-18-6-4-11/h1-2,7,18H,3-6H2. The van der Waals surface area contributed by atoms with Crippen molar-refractivity contribution < 1.29 is 17.6 Å². The van der Waals surface area contributed by atoms with Crippen LogP contribution >= 0.6 is 11.6 Å².